The first-order chi connectivity index (χ1) is 8.17. The van der Waals surface area contributed by atoms with Gasteiger partial charge >= 0.3 is 0 Å². The van der Waals surface area contributed by atoms with E-state index < -0.39 is 0 Å². The lowest BCUT2D eigenvalue weighted by Gasteiger charge is -2.18. The van der Waals surface area contributed by atoms with Gasteiger partial charge < -0.3 is 16.0 Å². The molecule has 0 radical (unpaired) electrons. The molecule has 0 heterocycles. The Morgan fingerprint density at radius 2 is 2.12 bits per heavy atom. The van der Waals surface area contributed by atoms with Crippen molar-refractivity contribution in [3.63, 3.8) is 0 Å². The van der Waals surface area contributed by atoms with Gasteiger partial charge in [-0.3, -0.25) is 4.79 Å². The fraction of sp³-hybridized carbons (Fsp3) is 0.769. The summed E-state index contributed by atoms with van der Waals surface area (Å²) in [6.07, 6.45) is 5.60. The van der Waals surface area contributed by atoms with E-state index in [1.807, 2.05) is 12.2 Å². The molecular weight excluding hydrogens is 214 g/mol. The molecule has 1 amide bonds. The molecule has 0 aromatic carbocycles. The molecule has 0 fully saturated rings. The molecular formula is C13H25N3O. The topological polar surface area (TPSA) is 58.4 Å². The highest BCUT2D eigenvalue weighted by Crippen LogP contribution is 2.15. The maximum absolute atomic E-state index is 11.7. The van der Waals surface area contributed by atoms with Gasteiger partial charge in [0, 0.05) is 12.6 Å². The number of carbonyl (C=O) groups excluding carboxylic acids is 1. The number of hydrogen-bond donors (Lipinski definition) is 2. The molecule has 0 aromatic heterocycles. The summed E-state index contributed by atoms with van der Waals surface area (Å²) in [6, 6.07) is 0.0569. The lowest BCUT2D eigenvalue weighted by atomic mass is 10.1. The van der Waals surface area contributed by atoms with Gasteiger partial charge in [0.1, 0.15) is 0 Å². The third-order valence-electron chi connectivity index (χ3n) is 3.30. The summed E-state index contributed by atoms with van der Waals surface area (Å²) in [5.74, 6) is 0.104. The van der Waals surface area contributed by atoms with Crippen LogP contribution in [0.5, 0.6) is 0 Å². The highest BCUT2D eigenvalue weighted by atomic mass is 16.1. The molecule has 0 bridgehead atoms. The van der Waals surface area contributed by atoms with Gasteiger partial charge in [-0.25, -0.2) is 0 Å². The predicted molar refractivity (Wildman–Crippen MR) is 70.6 cm³/mol. The van der Waals surface area contributed by atoms with Crippen molar-refractivity contribution in [2.24, 2.45) is 11.7 Å². The summed E-state index contributed by atoms with van der Waals surface area (Å²) in [5, 5.41) is 2.98. The van der Waals surface area contributed by atoms with Gasteiger partial charge in [-0.2, -0.15) is 0 Å². The zero-order valence-electron chi connectivity index (χ0n) is 11.0. The van der Waals surface area contributed by atoms with Crippen molar-refractivity contribution in [1.29, 1.82) is 0 Å². The van der Waals surface area contributed by atoms with E-state index in [9.17, 15) is 4.79 Å². The van der Waals surface area contributed by atoms with Crippen LogP contribution in [0.3, 0.4) is 0 Å². The second kappa shape index (κ2) is 7.45. The van der Waals surface area contributed by atoms with Crippen LogP contribution in [0.4, 0.5) is 0 Å². The van der Waals surface area contributed by atoms with Gasteiger partial charge in [0.2, 0.25) is 5.91 Å². The Morgan fingerprint density at radius 3 is 2.65 bits per heavy atom. The van der Waals surface area contributed by atoms with E-state index in [-0.39, 0.29) is 17.9 Å². The van der Waals surface area contributed by atoms with Gasteiger partial charge in [0.15, 0.2) is 0 Å². The van der Waals surface area contributed by atoms with Crippen molar-refractivity contribution >= 4 is 5.91 Å². The number of hydrogen-bond acceptors (Lipinski definition) is 3. The Labute approximate surface area is 104 Å². The van der Waals surface area contributed by atoms with Crippen molar-refractivity contribution in [3.05, 3.63) is 12.2 Å². The van der Waals surface area contributed by atoms with Crippen LogP contribution in [0.1, 0.15) is 26.7 Å². The van der Waals surface area contributed by atoms with Crippen LogP contribution in [-0.2, 0) is 4.79 Å². The van der Waals surface area contributed by atoms with Crippen LogP contribution >= 0.6 is 0 Å². The molecule has 3 N–H and O–H groups in total. The lowest BCUT2D eigenvalue weighted by Crippen LogP contribution is -2.33. The molecule has 1 aliphatic rings. The summed E-state index contributed by atoms with van der Waals surface area (Å²) in [4.78, 5) is 14.1. The number of rotatable bonds is 7. The molecule has 0 aromatic rings. The van der Waals surface area contributed by atoms with Crippen LogP contribution in [0.25, 0.3) is 0 Å². The average molecular weight is 239 g/mol. The highest BCUT2D eigenvalue weighted by molar-refractivity contribution is 5.81. The van der Waals surface area contributed by atoms with E-state index in [2.05, 4.69) is 24.1 Å². The molecule has 0 aliphatic heterocycles. The summed E-state index contributed by atoms with van der Waals surface area (Å²) in [6.45, 7) is 8.27. The third kappa shape index (κ3) is 4.88. The molecule has 2 atom stereocenters. The number of nitrogens with one attached hydrogen (secondary N) is 1. The fourth-order valence-corrected chi connectivity index (χ4v) is 2.11. The van der Waals surface area contributed by atoms with E-state index in [1.54, 1.807) is 0 Å². The monoisotopic (exact) mass is 239 g/mol. The Morgan fingerprint density at radius 1 is 1.41 bits per heavy atom. The summed E-state index contributed by atoms with van der Waals surface area (Å²) in [7, 11) is 0. The van der Waals surface area contributed by atoms with Crippen LogP contribution < -0.4 is 11.1 Å². The third-order valence-corrected chi connectivity index (χ3v) is 3.30. The van der Waals surface area contributed by atoms with Crippen LogP contribution in [0, 0.1) is 5.92 Å². The predicted octanol–water partition coefficient (Wildman–Crippen LogP) is 0.738. The van der Waals surface area contributed by atoms with E-state index in [0.717, 1.165) is 39.0 Å². The molecule has 17 heavy (non-hydrogen) atoms. The SMILES string of the molecule is CCN(CC)CCCNC(=O)C1C=CC(N)C1. The van der Waals surface area contributed by atoms with Crippen molar-refractivity contribution < 1.29 is 4.79 Å². The van der Waals surface area contributed by atoms with Crippen LogP contribution in [-0.4, -0.2) is 43.0 Å². The van der Waals surface area contributed by atoms with E-state index in [0.29, 0.717) is 0 Å². The first kappa shape index (κ1) is 14.2. The Kier molecular flexibility index (Phi) is 6.22. The number of nitrogens with zero attached hydrogens (tertiary/aromatic N) is 1. The average Bonchev–Trinajstić information content (AvgIpc) is 2.76. The zero-order chi connectivity index (χ0) is 12.7. The van der Waals surface area contributed by atoms with Crippen molar-refractivity contribution in [3.8, 4) is 0 Å². The quantitative estimate of drug-likeness (QED) is 0.509. The van der Waals surface area contributed by atoms with Crippen LogP contribution in [0.15, 0.2) is 12.2 Å². The second-order valence-electron chi connectivity index (χ2n) is 4.56. The molecule has 1 rings (SSSR count). The smallest absolute Gasteiger partial charge is 0.226 e. The summed E-state index contributed by atoms with van der Waals surface area (Å²) in [5.41, 5.74) is 5.72. The molecule has 1 aliphatic carbocycles. The molecule has 4 heteroatoms. The van der Waals surface area contributed by atoms with E-state index in [4.69, 9.17) is 5.73 Å². The van der Waals surface area contributed by atoms with Crippen molar-refractivity contribution in [2.75, 3.05) is 26.2 Å². The number of amides is 1. The first-order valence-corrected chi connectivity index (χ1v) is 6.61. The number of nitrogens with two attached hydrogens (primary N) is 1. The minimum Gasteiger partial charge on any atom is -0.356 e. The zero-order valence-corrected chi connectivity index (χ0v) is 11.0. The van der Waals surface area contributed by atoms with E-state index >= 15 is 0 Å². The molecule has 4 nitrogen and oxygen atoms in total. The minimum absolute atomic E-state index is 0.0153. The fourth-order valence-electron chi connectivity index (χ4n) is 2.11. The van der Waals surface area contributed by atoms with Gasteiger partial charge in [0.25, 0.3) is 0 Å². The molecule has 0 saturated heterocycles. The summed E-state index contributed by atoms with van der Waals surface area (Å²) < 4.78 is 0. The molecule has 0 saturated carbocycles. The molecule has 2 unspecified atom stereocenters. The standard InChI is InChI=1S/C13H25N3O/c1-3-16(4-2)9-5-8-15-13(17)11-6-7-12(14)10-11/h6-7,11-12H,3-5,8-10,14H2,1-2H3,(H,15,17). The normalized spacial score (nSPS) is 23.3. The minimum atomic E-state index is -0.0153. The van der Waals surface area contributed by atoms with Crippen molar-refractivity contribution in [2.45, 2.75) is 32.7 Å². The Hall–Kier alpha value is -0.870. The van der Waals surface area contributed by atoms with Crippen LogP contribution in [0.2, 0.25) is 0 Å². The van der Waals surface area contributed by atoms with Gasteiger partial charge in [-0.05, 0) is 32.5 Å². The Balaban J connectivity index is 2.10. The molecule has 98 valence electrons. The Bertz CT molecular complexity index is 261. The summed E-state index contributed by atoms with van der Waals surface area (Å²) >= 11 is 0. The van der Waals surface area contributed by atoms with Gasteiger partial charge in [0.05, 0.1) is 5.92 Å². The second-order valence-corrected chi connectivity index (χ2v) is 4.56. The van der Waals surface area contributed by atoms with Gasteiger partial charge in [-0.15, -0.1) is 0 Å². The number of carbonyl (C=O) groups is 1. The van der Waals surface area contributed by atoms with Gasteiger partial charge in [-0.1, -0.05) is 26.0 Å². The maximum atomic E-state index is 11.7. The largest absolute Gasteiger partial charge is 0.356 e. The van der Waals surface area contributed by atoms with Crippen molar-refractivity contribution in [1.82, 2.24) is 10.2 Å². The maximum Gasteiger partial charge on any atom is 0.226 e. The lowest BCUT2D eigenvalue weighted by molar-refractivity contribution is -0.123. The highest BCUT2D eigenvalue weighted by Gasteiger charge is 2.21. The first-order valence-electron chi connectivity index (χ1n) is 6.61. The van der Waals surface area contributed by atoms with E-state index in [1.165, 1.54) is 0 Å². The molecule has 0 spiro atoms.